The molecule has 2 unspecified atom stereocenters. The fourth-order valence-corrected chi connectivity index (χ4v) is 3.68. The predicted molar refractivity (Wildman–Crippen MR) is 92.7 cm³/mol. The smallest absolute Gasteiger partial charge is 0.319 e. The standard InChI is InChI=1S/C18H30N4O/c1-18(2,3)20-17(23)21-11-7-6-10-16(21)22-13-15-9-5-4-8-14(15)12-19-22/h4-5,9,14,16,19H,6-8,10-13H2,1-3H3,(H,20,23). The van der Waals surface area contributed by atoms with Crippen LogP contribution in [0.3, 0.4) is 0 Å². The molecule has 0 radical (unpaired) electrons. The van der Waals surface area contributed by atoms with Crippen LogP contribution in [0.5, 0.6) is 0 Å². The number of hydrogen-bond donors (Lipinski definition) is 2. The maximum Gasteiger partial charge on any atom is 0.319 e. The minimum Gasteiger partial charge on any atom is -0.333 e. The van der Waals surface area contributed by atoms with E-state index in [9.17, 15) is 4.79 Å². The van der Waals surface area contributed by atoms with Gasteiger partial charge in [-0.15, -0.1) is 0 Å². The Morgan fingerprint density at radius 3 is 2.96 bits per heavy atom. The molecule has 128 valence electrons. The van der Waals surface area contributed by atoms with Crippen LogP contribution in [0, 0.1) is 5.92 Å². The number of nitrogens with zero attached hydrogens (tertiary/aromatic N) is 2. The Morgan fingerprint density at radius 2 is 2.17 bits per heavy atom. The van der Waals surface area contributed by atoms with E-state index in [2.05, 4.69) is 34.0 Å². The summed E-state index contributed by atoms with van der Waals surface area (Å²) in [5.41, 5.74) is 4.87. The van der Waals surface area contributed by atoms with Crippen LogP contribution in [0.1, 0.15) is 46.5 Å². The summed E-state index contributed by atoms with van der Waals surface area (Å²) in [5, 5.41) is 5.40. The fraction of sp³-hybridized carbons (Fsp3) is 0.722. The first-order valence-corrected chi connectivity index (χ1v) is 8.88. The van der Waals surface area contributed by atoms with Crippen molar-refractivity contribution in [3.05, 3.63) is 23.8 Å². The van der Waals surface area contributed by atoms with Gasteiger partial charge in [0.05, 0.1) is 6.17 Å². The number of urea groups is 1. The third kappa shape index (κ3) is 3.96. The highest BCUT2D eigenvalue weighted by atomic mass is 16.2. The summed E-state index contributed by atoms with van der Waals surface area (Å²) in [6.45, 7) is 8.83. The van der Waals surface area contributed by atoms with Gasteiger partial charge in [-0.1, -0.05) is 18.2 Å². The molecule has 5 nitrogen and oxygen atoms in total. The van der Waals surface area contributed by atoms with Crippen LogP contribution in [-0.4, -0.2) is 47.3 Å². The van der Waals surface area contributed by atoms with Crippen molar-refractivity contribution in [1.82, 2.24) is 20.7 Å². The normalized spacial score (nSPS) is 29.0. The molecule has 2 aliphatic heterocycles. The van der Waals surface area contributed by atoms with E-state index < -0.39 is 0 Å². The number of carbonyl (C=O) groups is 1. The molecule has 3 aliphatic rings. The van der Waals surface area contributed by atoms with Gasteiger partial charge in [0.15, 0.2) is 0 Å². The van der Waals surface area contributed by atoms with E-state index in [1.165, 1.54) is 12.0 Å². The van der Waals surface area contributed by atoms with Crippen molar-refractivity contribution < 1.29 is 4.79 Å². The number of fused-ring (bicyclic) bond motifs is 1. The molecule has 1 aliphatic carbocycles. The lowest BCUT2D eigenvalue weighted by atomic mass is 9.89. The molecule has 0 aromatic rings. The van der Waals surface area contributed by atoms with Crippen molar-refractivity contribution in [3.63, 3.8) is 0 Å². The van der Waals surface area contributed by atoms with Crippen molar-refractivity contribution in [2.24, 2.45) is 5.92 Å². The van der Waals surface area contributed by atoms with Gasteiger partial charge in [-0.3, -0.25) is 5.43 Å². The number of allylic oxidation sites excluding steroid dienone is 3. The maximum atomic E-state index is 12.7. The molecule has 2 atom stereocenters. The Bertz CT molecular complexity index is 506. The van der Waals surface area contributed by atoms with E-state index in [-0.39, 0.29) is 17.7 Å². The zero-order chi connectivity index (χ0) is 16.4. The summed E-state index contributed by atoms with van der Waals surface area (Å²) in [7, 11) is 0. The number of carbonyl (C=O) groups excluding carboxylic acids is 1. The van der Waals surface area contributed by atoms with E-state index in [4.69, 9.17) is 0 Å². The van der Waals surface area contributed by atoms with Crippen LogP contribution in [0.25, 0.3) is 0 Å². The Balaban J connectivity index is 1.70. The van der Waals surface area contributed by atoms with Gasteiger partial charge < -0.3 is 10.2 Å². The number of rotatable bonds is 1. The molecule has 0 spiro atoms. The average Bonchev–Trinajstić information content (AvgIpc) is 2.53. The molecule has 0 bridgehead atoms. The molecule has 2 saturated heterocycles. The third-order valence-corrected chi connectivity index (χ3v) is 4.86. The average molecular weight is 318 g/mol. The molecule has 23 heavy (non-hydrogen) atoms. The molecule has 2 N–H and O–H groups in total. The highest BCUT2D eigenvalue weighted by Crippen LogP contribution is 2.28. The number of hydrogen-bond acceptors (Lipinski definition) is 3. The molecular weight excluding hydrogens is 288 g/mol. The number of likely N-dealkylation sites (tertiary alicyclic amines) is 1. The first-order valence-electron chi connectivity index (χ1n) is 8.88. The molecule has 3 rings (SSSR count). The Morgan fingerprint density at radius 1 is 1.35 bits per heavy atom. The van der Waals surface area contributed by atoms with Crippen molar-refractivity contribution >= 4 is 6.03 Å². The van der Waals surface area contributed by atoms with E-state index in [1.807, 2.05) is 25.7 Å². The minimum atomic E-state index is -0.198. The topological polar surface area (TPSA) is 47.6 Å². The van der Waals surface area contributed by atoms with Gasteiger partial charge in [0.25, 0.3) is 0 Å². The quantitative estimate of drug-likeness (QED) is 0.781. The zero-order valence-corrected chi connectivity index (χ0v) is 14.6. The van der Waals surface area contributed by atoms with Crippen molar-refractivity contribution in [3.8, 4) is 0 Å². The summed E-state index contributed by atoms with van der Waals surface area (Å²) in [6, 6.07) is 0.0589. The predicted octanol–water partition coefficient (Wildman–Crippen LogP) is 2.63. The lowest BCUT2D eigenvalue weighted by Crippen LogP contribution is -2.63. The molecule has 0 aromatic carbocycles. The van der Waals surface area contributed by atoms with E-state index in [0.717, 1.165) is 38.9 Å². The Labute approximate surface area is 139 Å². The van der Waals surface area contributed by atoms with Crippen LogP contribution >= 0.6 is 0 Å². The summed E-state index contributed by atoms with van der Waals surface area (Å²) in [5.74, 6) is 0.622. The second-order valence-electron chi connectivity index (χ2n) is 7.94. The number of hydrazine groups is 1. The Kier molecular flexibility index (Phi) is 4.78. The van der Waals surface area contributed by atoms with Gasteiger partial charge in [0.2, 0.25) is 0 Å². The van der Waals surface area contributed by atoms with E-state index in [1.54, 1.807) is 0 Å². The number of nitrogens with one attached hydrogen (secondary N) is 2. The first-order chi connectivity index (χ1) is 10.9. The molecule has 2 amide bonds. The van der Waals surface area contributed by atoms with E-state index >= 15 is 0 Å². The van der Waals surface area contributed by atoms with Crippen LogP contribution < -0.4 is 10.7 Å². The second kappa shape index (κ2) is 6.65. The summed E-state index contributed by atoms with van der Waals surface area (Å²) >= 11 is 0. The summed E-state index contributed by atoms with van der Waals surface area (Å²) in [4.78, 5) is 14.7. The van der Waals surface area contributed by atoms with Gasteiger partial charge >= 0.3 is 6.03 Å². The number of amides is 2. The Hall–Kier alpha value is -1.33. The molecule has 2 heterocycles. The van der Waals surface area contributed by atoms with Gasteiger partial charge in [0, 0.05) is 25.2 Å². The minimum absolute atomic E-state index is 0.0589. The fourth-order valence-electron chi connectivity index (χ4n) is 3.68. The van der Waals surface area contributed by atoms with Crippen LogP contribution in [0.15, 0.2) is 23.8 Å². The van der Waals surface area contributed by atoms with Gasteiger partial charge in [-0.2, -0.15) is 0 Å². The molecule has 5 heteroatoms. The van der Waals surface area contributed by atoms with Crippen molar-refractivity contribution in [2.45, 2.75) is 58.2 Å². The zero-order valence-electron chi connectivity index (χ0n) is 14.6. The molecule has 2 fully saturated rings. The lowest BCUT2D eigenvalue weighted by Gasteiger charge is -2.46. The third-order valence-electron chi connectivity index (χ3n) is 4.86. The summed E-state index contributed by atoms with van der Waals surface area (Å²) in [6.07, 6.45) is 11.3. The van der Waals surface area contributed by atoms with Crippen molar-refractivity contribution in [1.29, 1.82) is 0 Å². The SMILES string of the molecule is CC(C)(C)NC(=O)N1CCCCC1N1CC2=CC=CCC2CN1. The first kappa shape index (κ1) is 16.5. The van der Waals surface area contributed by atoms with Crippen LogP contribution in [-0.2, 0) is 0 Å². The lowest BCUT2D eigenvalue weighted by molar-refractivity contribution is -0.00556. The highest BCUT2D eigenvalue weighted by molar-refractivity contribution is 5.75. The van der Waals surface area contributed by atoms with Crippen LogP contribution in [0.2, 0.25) is 0 Å². The van der Waals surface area contributed by atoms with Crippen LogP contribution in [0.4, 0.5) is 4.79 Å². The van der Waals surface area contributed by atoms with Gasteiger partial charge in [-0.25, -0.2) is 9.80 Å². The second-order valence-corrected chi connectivity index (χ2v) is 7.94. The monoisotopic (exact) mass is 318 g/mol. The van der Waals surface area contributed by atoms with E-state index in [0.29, 0.717) is 5.92 Å². The van der Waals surface area contributed by atoms with Crippen molar-refractivity contribution in [2.75, 3.05) is 19.6 Å². The van der Waals surface area contributed by atoms with Gasteiger partial charge in [0.1, 0.15) is 0 Å². The summed E-state index contributed by atoms with van der Waals surface area (Å²) < 4.78 is 0. The largest absolute Gasteiger partial charge is 0.333 e. The van der Waals surface area contributed by atoms with Gasteiger partial charge in [-0.05, 0) is 57.9 Å². The molecule has 0 aromatic heterocycles. The maximum absolute atomic E-state index is 12.7. The molecular formula is C18H30N4O. The number of piperidine rings is 1. The molecule has 0 saturated carbocycles. The highest BCUT2D eigenvalue weighted by Gasteiger charge is 2.35.